The molecule has 0 saturated carbocycles. The third-order valence-electron chi connectivity index (χ3n) is 3.78. The van der Waals surface area contributed by atoms with E-state index in [-0.39, 0.29) is 11.8 Å². The number of nitrogens with one attached hydrogen (secondary N) is 1. The van der Waals surface area contributed by atoms with E-state index in [0.717, 1.165) is 5.56 Å². The second-order valence-electron chi connectivity index (χ2n) is 5.39. The number of Topliss-reactive ketones (excluding diaryl/α,β-unsaturated/α-hetero) is 1. The molecule has 5 heteroatoms. The number of rotatable bonds is 3. The van der Waals surface area contributed by atoms with E-state index in [1.54, 1.807) is 24.3 Å². The number of carbonyl (C=O) groups is 2. The van der Waals surface area contributed by atoms with Crippen molar-refractivity contribution in [3.8, 4) is 0 Å². The summed E-state index contributed by atoms with van der Waals surface area (Å²) in [6.45, 7) is 1.96. The maximum atomic E-state index is 12.7. The summed E-state index contributed by atoms with van der Waals surface area (Å²) in [5, 5.41) is 2.60. The van der Waals surface area contributed by atoms with Crippen LogP contribution in [0.3, 0.4) is 0 Å². The van der Waals surface area contributed by atoms with E-state index < -0.39 is 6.17 Å². The van der Waals surface area contributed by atoms with Crippen LogP contribution < -0.4 is 16.0 Å². The van der Waals surface area contributed by atoms with Gasteiger partial charge in [0.2, 0.25) is 0 Å². The van der Waals surface area contributed by atoms with Crippen molar-refractivity contribution in [2.75, 3.05) is 4.90 Å². The summed E-state index contributed by atoms with van der Waals surface area (Å²) in [7, 11) is 0. The number of anilines is 1. The van der Waals surface area contributed by atoms with Crippen LogP contribution in [0.4, 0.5) is 10.5 Å². The van der Waals surface area contributed by atoms with E-state index in [1.165, 1.54) is 11.1 Å². The minimum absolute atomic E-state index is 0.196. The highest BCUT2D eigenvalue weighted by molar-refractivity contribution is 6.12. The van der Waals surface area contributed by atoms with Gasteiger partial charge in [-0.2, -0.15) is 0 Å². The highest BCUT2D eigenvalue weighted by Crippen LogP contribution is 2.23. The zero-order valence-electron chi connectivity index (χ0n) is 12.7. The molecule has 3 rings (SSSR count). The molecular formula is C18H17N3O2. The number of urea groups is 1. The van der Waals surface area contributed by atoms with Crippen molar-refractivity contribution in [3.63, 3.8) is 0 Å². The Balaban J connectivity index is 1.93. The molecule has 5 nitrogen and oxygen atoms in total. The summed E-state index contributed by atoms with van der Waals surface area (Å²) in [6.07, 6.45) is 0.564. The molecule has 1 unspecified atom stereocenters. The third kappa shape index (κ3) is 2.86. The van der Waals surface area contributed by atoms with Crippen LogP contribution in [-0.2, 0) is 0 Å². The monoisotopic (exact) mass is 307 g/mol. The smallest absolute Gasteiger partial charge is 0.314 e. The predicted octanol–water partition coefficient (Wildman–Crippen LogP) is 2.58. The van der Waals surface area contributed by atoms with Gasteiger partial charge in [-0.3, -0.25) is 9.69 Å². The SMILES string of the molecule is Cc1ccc(C(=O)C2=CNC(=O)N(c3ccccc3)C2N)cc1. The van der Waals surface area contributed by atoms with Crippen molar-refractivity contribution in [2.24, 2.45) is 5.73 Å². The maximum Gasteiger partial charge on any atom is 0.327 e. The Morgan fingerprint density at radius 1 is 1.09 bits per heavy atom. The van der Waals surface area contributed by atoms with Gasteiger partial charge in [0.1, 0.15) is 6.17 Å². The van der Waals surface area contributed by atoms with Gasteiger partial charge in [0.25, 0.3) is 0 Å². The zero-order chi connectivity index (χ0) is 16.4. The lowest BCUT2D eigenvalue weighted by Crippen LogP contribution is -2.55. The number of aryl methyl sites for hydroxylation is 1. The number of benzene rings is 2. The molecule has 0 saturated heterocycles. The Labute approximate surface area is 134 Å². The Bertz CT molecular complexity index is 767. The van der Waals surface area contributed by atoms with Crippen molar-refractivity contribution in [2.45, 2.75) is 13.1 Å². The standard InChI is InChI=1S/C18H17N3O2/c1-12-7-9-13(10-8-12)16(22)15-11-20-18(23)21(17(15)19)14-5-3-2-4-6-14/h2-11,17H,19H2,1H3,(H,20,23). The summed E-state index contributed by atoms with van der Waals surface area (Å²) >= 11 is 0. The molecule has 0 aromatic heterocycles. The molecule has 0 radical (unpaired) electrons. The van der Waals surface area contributed by atoms with Crippen LogP contribution in [0.15, 0.2) is 66.4 Å². The number of nitrogens with zero attached hydrogens (tertiary/aromatic N) is 1. The van der Waals surface area contributed by atoms with Gasteiger partial charge in [0, 0.05) is 17.5 Å². The largest absolute Gasteiger partial charge is 0.327 e. The third-order valence-corrected chi connectivity index (χ3v) is 3.78. The average Bonchev–Trinajstić information content (AvgIpc) is 2.56. The number of hydrogen-bond acceptors (Lipinski definition) is 3. The second-order valence-corrected chi connectivity index (χ2v) is 5.39. The summed E-state index contributed by atoms with van der Waals surface area (Å²) in [4.78, 5) is 26.2. The van der Waals surface area contributed by atoms with Gasteiger partial charge < -0.3 is 11.1 Å². The summed E-state index contributed by atoms with van der Waals surface area (Å²) in [6, 6.07) is 15.9. The molecule has 2 aromatic rings. The van der Waals surface area contributed by atoms with Crippen LogP contribution in [0.5, 0.6) is 0 Å². The van der Waals surface area contributed by atoms with Crippen molar-refractivity contribution in [1.29, 1.82) is 0 Å². The molecule has 1 aliphatic heterocycles. The second kappa shape index (κ2) is 6.06. The maximum absolute atomic E-state index is 12.7. The molecule has 1 heterocycles. The number of hydrogen-bond donors (Lipinski definition) is 2. The topological polar surface area (TPSA) is 75.4 Å². The summed E-state index contributed by atoms with van der Waals surface area (Å²) < 4.78 is 0. The number of para-hydroxylation sites is 1. The first-order valence-corrected chi connectivity index (χ1v) is 7.30. The van der Waals surface area contributed by atoms with E-state index in [0.29, 0.717) is 16.8 Å². The first-order valence-electron chi connectivity index (χ1n) is 7.30. The zero-order valence-corrected chi connectivity index (χ0v) is 12.7. The van der Waals surface area contributed by atoms with E-state index in [2.05, 4.69) is 5.32 Å². The Morgan fingerprint density at radius 3 is 2.39 bits per heavy atom. The van der Waals surface area contributed by atoms with Crippen LogP contribution in [0.25, 0.3) is 0 Å². The van der Waals surface area contributed by atoms with Gasteiger partial charge in [-0.15, -0.1) is 0 Å². The minimum atomic E-state index is -0.833. The van der Waals surface area contributed by atoms with Crippen LogP contribution in [0, 0.1) is 6.92 Å². The van der Waals surface area contributed by atoms with E-state index in [9.17, 15) is 9.59 Å². The number of nitrogens with two attached hydrogens (primary N) is 1. The minimum Gasteiger partial charge on any atom is -0.314 e. The molecule has 116 valence electrons. The van der Waals surface area contributed by atoms with Crippen LogP contribution >= 0.6 is 0 Å². The number of ketones is 1. The fraction of sp³-hybridized carbons (Fsp3) is 0.111. The van der Waals surface area contributed by atoms with Crippen LogP contribution in [0.1, 0.15) is 15.9 Å². The Morgan fingerprint density at radius 2 is 1.74 bits per heavy atom. The fourth-order valence-electron chi connectivity index (χ4n) is 2.50. The van der Waals surface area contributed by atoms with Crippen LogP contribution in [-0.4, -0.2) is 18.0 Å². The molecule has 1 aliphatic rings. The van der Waals surface area contributed by atoms with Gasteiger partial charge in [0.05, 0.1) is 5.57 Å². The molecule has 0 fully saturated rings. The molecule has 0 spiro atoms. The van der Waals surface area contributed by atoms with Gasteiger partial charge in [-0.25, -0.2) is 4.79 Å². The van der Waals surface area contributed by atoms with Crippen molar-refractivity contribution in [1.82, 2.24) is 5.32 Å². The Kier molecular flexibility index (Phi) is 3.95. The van der Waals surface area contributed by atoms with Gasteiger partial charge in [-0.05, 0) is 19.1 Å². The van der Waals surface area contributed by atoms with E-state index in [4.69, 9.17) is 5.73 Å². The lowest BCUT2D eigenvalue weighted by Gasteiger charge is -2.33. The molecule has 1 atom stereocenters. The number of carbonyl (C=O) groups excluding carboxylic acids is 2. The van der Waals surface area contributed by atoms with Gasteiger partial charge in [-0.1, -0.05) is 48.0 Å². The molecule has 0 bridgehead atoms. The number of amides is 2. The normalized spacial score (nSPS) is 17.5. The molecule has 23 heavy (non-hydrogen) atoms. The molecular weight excluding hydrogens is 290 g/mol. The van der Waals surface area contributed by atoms with E-state index in [1.807, 2.05) is 37.3 Å². The highest BCUT2D eigenvalue weighted by atomic mass is 16.2. The van der Waals surface area contributed by atoms with Crippen molar-refractivity contribution in [3.05, 3.63) is 77.5 Å². The summed E-state index contributed by atoms with van der Waals surface area (Å²) in [5.41, 5.74) is 8.79. The lowest BCUT2D eigenvalue weighted by atomic mass is 9.99. The predicted molar refractivity (Wildman–Crippen MR) is 89.0 cm³/mol. The molecule has 2 aromatic carbocycles. The molecule has 3 N–H and O–H groups in total. The quantitative estimate of drug-likeness (QED) is 0.856. The first kappa shape index (κ1) is 15.0. The van der Waals surface area contributed by atoms with Gasteiger partial charge in [0.15, 0.2) is 5.78 Å². The molecule has 0 aliphatic carbocycles. The highest BCUT2D eigenvalue weighted by Gasteiger charge is 2.32. The fourth-order valence-corrected chi connectivity index (χ4v) is 2.50. The lowest BCUT2D eigenvalue weighted by molar-refractivity contribution is 0.102. The van der Waals surface area contributed by atoms with Crippen LogP contribution in [0.2, 0.25) is 0 Å². The summed E-state index contributed by atoms with van der Waals surface area (Å²) in [5.74, 6) is -0.196. The van der Waals surface area contributed by atoms with Crippen molar-refractivity contribution < 1.29 is 9.59 Å². The van der Waals surface area contributed by atoms with Gasteiger partial charge >= 0.3 is 6.03 Å². The van der Waals surface area contributed by atoms with E-state index >= 15 is 0 Å². The Hall–Kier alpha value is -2.92. The average molecular weight is 307 g/mol. The first-order chi connectivity index (χ1) is 11.1. The van der Waals surface area contributed by atoms with Crippen molar-refractivity contribution >= 4 is 17.5 Å². The molecule has 2 amide bonds.